The lowest BCUT2D eigenvalue weighted by molar-refractivity contribution is -0.914. The molecule has 0 saturated carbocycles. The van der Waals surface area contributed by atoms with Gasteiger partial charge in [-0.25, -0.2) is 0 Å². The minimum atomic E-state index is -0.256. The Bertz CT molecular complexity index is 731. The standard InChI is InChI=1S/C19H21NO3/c1-20-9-6-12-10-15(22-2)18(23-3)17-16(12)14(20)11-19(17)7-4-13(21)5-8-19/h4-5,7-8,10,14H,6,9,11H2,1-3H3/p+1. The highest BCUT2D eigenvalue weighted by Crippen LogP contribution is 2.55. The lowest BCUT2D eigenvalue weighted by Gasteiger charge is -2.29. The summed E-state index contributed by atoms with van der Waals surface area (Å²) in [6.07, 6.45) is 9.52. The number of ketones is 1. The van der Waals surface area contributed by atoms with Gasteiger partial charge in [0.1, 0.15) is 6.04 Å². The van der Waals surface area contributed by atoms with Crippen LogP contribution in [-0.2, 0) is 16.6 Å². The highest BCUT2D eigenvalue weighted by Gasteiger charge is 2.50. The van der Waals surface area contributed by atoms with Gasteiger partial charge in [-0.1, -0.05) is 12.2 Å². The average Bonchev–Trinajstić information content (AvgIpc) is 2.90. The zero-order chi connectivity index (χ0) is 16.2. The largest absolute Gasteiger partial charge is 0.493 e. The van der Waals surface area contributed by atoms with E-state index in [1.165, 1.54) is 21.6 Å². The Morgan fingerprint density at radius 1 is 1.22 bits per heavy atom. The van der Waals surface area contributed by atoms with E-state index >= 15 is 0 Å². The van der Waals surface area contributed by atoms with Crippen molar-refractivity contribution in [3.63, 3.8) is 0 Å². The number of methoxy groups -OCH3 is 2. The topological polar surface area (TPSA) is 40.0 Å². The first-order chi connectivity index (χ1) is 11.1. The van der Waals surface area contributed by atoms with Crippen LogP contribution in [0.5, 0.6) is 11.5 Å². The third kappa shape index (κ3) is 1.91. The van der Waals surface area contributed by atoms with Gasteiger partial charge in [-0.15, -0.1) is 0 Å². The zero-order valence-corrected chi connectivity index (χ0v) is 13.8. The summed E-state index contributed by atoms with van der Waals surface area (Å²) in [5.74, 6) is 1.66. The van der Waals surface area contributed by atoms with Crippen LogP contribution in [0.4, 0.5) is 0 Å². The number of quaternary nitrogens is 1. The third-order valence-corrected chi connectivity index (χ3v) is 5.62. The molecule has 120 valence electrons. The van der Waals surface area contributed by atoms with Gasteiger partial charge in [0.15, 0.2) is 17.3 Å². The summed E-state index contributed by atoms with van der Waals surface area (Å²) in [6.45, 7) is 1.12. The zero-order valence-electron chi connectivity index (χ0n) is 13.8. The predicted molar refractivity (Wildman–Crippen MR) is 87.3 cm³/mol. The Kier molecular flexibility index (Phi) is 3.13. The normalized spacial score (nSPS) is 26.5. The number of carbonyl (C=O) groups excluding carboxylic acids is 1. The van der Waals surface area contributed by atoms with Crippen molar-refractivity contribution in [3.05, 3.63) is 47.1 Å². The number of hydrogen-bond acceptors (Lipinski definition) is 3. The number of rotatable bonds is 2. The van der Waals surface area contributed by atoms with Crippen LogP contribution in [0.15, 0.2) is 30.4 Å². The second-order valence-corrected chi connectivity index (χ2v) is 6.77. The molecule has 2 unspecified atom stereocenters. The van der Waals surface area contributed by atoms with Crippen molar-refractivity contribution in [3.8, 4) is 11.5 Å². The van der Waals surface area contributed by atoms with Crippen molar-refractivity contribution in [2.45, 2.75) is 24.3 Å². The molecule has 1 aromatic carbocycles. The maximum Gasteiger partial charge on any atom is 0.178 e. The molecule has 4 rings (SSSR count). The van der Waals surface area contributed by atoms with E-state index in [4.69, 9.17) is 9.47 Å². The molecule has 1 spiro atoms. The molecule has 0 saturated heterocycles. The summed E-state index contributed by atoms with van der Waals surface area (Å²) in [5.41, 5.74) is 3.70. The van der Waals surface area contributed by atoms with Crippen LogP contribution >= 0.6 is 0 Å². The van der Waals surface area contributed by atoms with Crippen LogP contribution in [0, 0.1) is 0 Å². The molecule has 1 N–H and O–H groups in total. The quantitative estimate of drug-likeness (QED) is 0.891. The van der Waals surface area contributed by atoms with Crippen molar-refractivity contribution in [2.24, 2.45) is 0 Å². The van der Waals surface area contributed by atoms with Gasteiger partial charge in [-0.3, -0.25) is 4.79 Å². The van der Waals surface area contributed by atoms with Crippen molar-refractivity contribution in [2.75, 3.05) is 27.8 Å². The Hall–Kier alpha value is -2.07. The number of fused-ring (bicyclic) bond motifs is 1. The molecule has 0 radical (unpaired) electrons. The van der Waals surface area contributed by atoms with E-state index in [2.05, 4.69) is 25.3 Å². The predicted octanol–water partition coefficient (Wildman–Crippen LogP) is 1.15. The Balaban J connectivity index is 2.02. The average molecular weight is 312 g/mol. The summed E-state index contributed by atoms with van der Waals surface area (Å²) in [4.78, 5) is 13.2. The molecular formula is C19H22NO3+. The highest BCUT2D eigenvalue weighted by molar-refractivity contribution is 6.01. The van der Waals surface area contributed by atoms with Crippen LogP contribution in [0.3, 0.4) is 0 Å². The highest BCUT2D eigenvalue weighted by atomic mass is 16.5. The minimum absolute atomic E-state index is 0.0540. The van der Waals surface area contributed by atoms with Gasteiger partial charge in [0, 0.05) is 29.4 Å². The van der Waals surface area contributed by atoms with Crippen molar-refractivity contribution >= 4 is 5.78 Å². The first kappa shape index (κ1) is 14.5. The molecule has 0 aromatic heterocycles. The molecule has 0 bridgehead atoms. The molecule has 2 aliphatic carbocycles. The van der Waals surface area contributed by atoms with Gasteiger partial charge in [-0.05, 0) is 23.8 Å². The lowest BCUT2D eigenvalue weighted by Crippen LogP contribution is -3.10. The van der Waals surface area contributed by atoms with E-state index in [9.17, 15) is 4.79 Å². The van der Waals surface area contributed by atoms with Crippen LogP contribution in [0.2, 0.25) is 0 Å². The number of benzene rings is 1. The monoisotopic (exact) mass is 312 g/mol. The molecule has 0 fully saturated rings. The van der Waals surface area contributed by atoms with E-state index < -0.39 is 0 Å². The van der Waals surface area contributed by atoms with E-state index in [-0.39, 0.29) is 11.2 Å². The summed E-state index contributed by atoms with van der Waals surface area (Å²) in [6, 6.07) is 2.58. The van der Waals surface area contributed by atoms with Gasteiger partial charge in [0.25, 0.3) is 0 Å². The van der Waals surface area contributed by atoms with Crippen molar-refractivity contribution in [1.29, 1.82) is 0 Å². The van der Waals surface area contributed by atoms with Gasteiger partial charge >= 0.3 is 0 Å². The number of nitrogens with one attached hydrogen (secondary N) is 1. The Morgan fingerprint density at radius 2 is 1.96 bits per heavy atom. The second-order valence-electron chi connectivity index (χ2n) is 6.77. The fourth-order valence-corrected chi connectivity index (χ4v) is 4.47. The molecule has 23 heavy (non-hydrogen) atoms. The molecule has 1 aliphatic heterocycles. The van der Waals surface area contributed by atoms with E-state index in [1.807, 2.05) is 0 Å². The first-order valence-corrected chi connectivity index (χ1v) is 8.12. The lowest BCUT2D eigenvalue weighted by atomic mass is 9.77. The molecule has 1 aromatic rings. The summed E-state index contributed by atoms with van der Waals surface area (Å²) in [7, 11) is 5.64. The van der Waals surface area contributed by atoms with Crippen LogP contribution < -0.4 is 14.4 Å². The molecule has 0 amide bonds. The molecular weight excluding hydrogens is 290 g/mol. The van der Waals surface area contributed by atoms with Gasteiger partial charge in [0.05, 0.1) is 27.8 Å². The van der Waals surface area contributed by atoms with Crippen LogP contribution in [0.25, 0.3) is 0 Å². The van der Waals surface area contributed by atoms with Crippen molar-refractivity contribution < 1.29 is 19.2 Å². The van der Waals surface area contributed by atoms with Gasteiger partial charge < -0.3 is 14.4 Å². The molecule has 4 heteroatoms. The maximum absolute atomic E-state index is 11.7. The van der Waals surface area contributed by atoms with Crippen molar-refractivity contribution in [1.82, 2.24) is 0 Å². The Labute approximate surface area is 136 Å². The summed E-state index contributed by atoms with van der Waals surface area (Å²) in [5, 5.41) is 0. The summed E-state index contributed by atoms with van der Waals surface area (Å²) >= 11 is 0. The van der Waals surface area contributed by atoms with Gasteiger partial charge in [0.2, 0.25) is 0 Å². The first-order valence-electron chi connectivity index (χ1n) is 8.12. The van der Waals surface area contributed by atoms with E-state index in [0.29, 0.717) is 6.04 Å². The molecule has 4 nitrogen and oxygen atoms in total. The number of hydrogen-bond donors (Lipinski definition) is 1. The molecule has 2 atom stereocenters. The molecule has 3 aliphatic rings. The Morgan fingerprint density at radius 3 is 2.61 bits per heavy atom. The number of likely N-dealkylation sites (N-methyl/N-ethyl adjacent to an activating group) is 1. The van der Waals surface area contributed by atoms with Gasteiger partial charge in [-0.2, -0.15) is 0 Å². The SMILES string of the molecule is COc1cc2c3c(c1OC)C1(C=CC(=O)C=C1)CC3[NH+](C)CC2. The van der Waals surface area contributed by atoms with E-state index in [0.717, 1.165) is 30.9 Å². The number of allylic oxidation sites excluding steroid dienone is 4. The number of ether oxygens (including phenoxy) is 2. The number of carbonyl (C=O) groups is 1. The van der Waals surface area contributed by atoms with Crippen LogP contribution in [0.1, 0.15) is 29.2 Å². The maximum atomic E-state index is 11.7. The van der Waals surface area contributed by atoms with E-state index in [1.54, 1.807) is 26.4 Å². The molecule has 1 heterocycles. The fraction of sp³-hybridized carbons (Fsp3) is 0.421. The minimum Gasteiger partial charge on any atom is -0.493 e. The van der Waals surface area contributed by atoms with Crippen LogP contribution in [-0.4, -0.2) is 33.6 Å². The summed E-state index contributed by atoms with van der Waals surface area (Å²) < 4.78 is 11.4. The smallest absolute Gasteiger partial charge is 0.178 e. The fourth-order valence-electron chi connectivity index (χ4n) is 4.47. The third-order valence-electron chi connectivity index (χ3n) is 5.62. The second kappa shape index (κ2) is 4.96.